The summed E-state index contributed by atoms with van der Waals surface area (Å²) < 4.78 is 1.86. The lowest BCUT2D eigenvalue weighted by Gasteiger charge is -2.28. The first-order valence-corrected chi connectivity index (χ1v) is 10.9. The van der Waals surface area contributed by atoms with Crippen LogP contribution < -0.4 is 5.32 Å². The number of aliphatic hydroxyl groups is 2. The van der Waals surface area contributed by atoms with Gasteiger partial charge in [-0.05, 0) is 56.5 Å². The van der Waals surface area contributed by atoms with Crippen LogP contribution in [0.5, 0.6) is 0 Å². The van der Waals surface area contributed by atoms with Crippen molar-refractivity contribution >= 4 is 5.65 Å². The van der Waals surface area contributed by atoms with Gasteiger partial charge in [0, 0.05) is 12.1 Å². The van der Waals surface area contributed by atoms with E-state index in [0.717, 1.165) is 22.5 Å². The van der Waals surface area contributed by atoms with Crippen molar-refractivity contribution in [2.75, 3.05) is 6.54 Å². The summed E-state index contributed by atoms with van der Waals surface area (Å²) in [6.07, 6.45) is -0.678. The second kappa shape index (κ2) is 7.52. The first kappa shape index (κ1) is 20.8. The quantitative estimate of drug-likeness (QED) is 0.460. The zero-order valence-electron chi connectivity index (χ0n) is 18.8. The minimum Gasteiger partial charge on any atom is -0.386 e. The Balaban J connectivity index is 1.65. The molecule has 3 heterocycles. The molecule has 1 aliphatic rings. The summed E-state index contributed by atoms with van der Waals surface area (Å²) in [7, 11) is 0. The van der Waals surface area contributed by atoms with Crippen LogP contribution >= 0.6 is 0 Å². The number of nitrogens with one attached hydrogen (secondary N) is 1. The third kappa shape index (κ3) is 3.50. The highest BCUT2D eigenvalue weighted by molar-refractivity contribution is 5.61. The second-order valence-electron chi connectivity index (χ2n) is 9.22. The SMILES string of the molecule is Cc1ccc(C)c(C2NCC(O)c3nc4ccc(-c5ccc(C(C)(C)O)cc5)nn4c32)c1. The summed E-state index contributed by atoms with van der Waals surface area (Å²) in [6, 6.07) is 18.0. The first-order valence-electron chi connectivity index (χ1n) is 10.9. The van der Waals surface area contributed by atoms with Crippen LogP contribution in [-0.2, 0) is 5.60 Å². The molecule has 2 aromatic heterocycles. The predicted octanol–water partition coefficient (Wildman–Crippen LogP) is 3.97. The van der Waals surface area contributed by atoms with Crippen molar-refractivity contribution in [2.45, 2.75) is 45.4 Å². The molecular formula is C26H28N4O2. The van der Waals surface area contributed by atoms with Crippen molar-refractivity contribution in [3.8, 4) is 11.3 Å². The summed E-state index contributed by atoms with van der Waals surface area (Å²) in [6.45, 7) is 8.18. The molecule has 1 aliphatic heterocycles. The maximum atomic E-state index is 10.7. The van der Waals surface area contributed by atoms with E-state index in [4.69, 9.17) is 10.1 Å². The van der Waals surface area contributed by atoms with Gasteiger partial charge in [0.05, 0.1) is 28.7 Å². The van der Waals surface area contributed by atoms with E-state index >= 15 is 0 Å². The maximum Gasteiger partial charge on any atom is 0.154 e. The van der Waals surface area contributed by atoms with Gasteiger partial charge in [-0.3, -0.25) is 0 Å². The second-order valence-corrected chi connectivity index (χ2v) is 9.22. The molecular weight excluding hydrogens is 400 g/mol. The third-order valence-corrected chi connectivity index (χ3v) is 6.28. The molecule has 0 bridgehead atoms. The van der Waals surface area contributed by atoms with Crippen LogP contribution in [0.2, 0.25) is 0 Å². The van der Waals surface area contributed by atoms with Gasteiger partial charge in [-0.25, -0.2) is 9.50 Å². The van der Waals surface area contributed by atoms with Crippen LogP contribution in [0, 0.1) is 13.8 Å². The van der Waals surface area contributed by atoms with E-state index in [9.17, 15) is 10.2 Å². The minimum atomic E-state index is -0.889. The molecule has 0 saturated heterocycles. The Hall–Kier alpha value is -3.06. The predicted molar refractivity (Wildman–Crippen MR) is 124 cm³/mol. The maximum absolute atomic E-state index is 10.7. The summed E-state index contributed by atoms with van der Waals surface area (Å²) >= 11 is 0. The number of β-amino-alcohol motifs (C(OH)–C–C–N with tert-alkyl or cyclic N) is 1. The van der Waals surface area contributed by atoms with Gasteiger partial charge < -0.3 is 15.5 Å². The standard InChI is InChI=1S/C26H28N4O2/c1-15-5-6-16(2)19(13-15)23-25-24(21(31)14-27-23)28-22-12-11-20(29-30(22)25)17-7-9-18(10-8-17)26(3,4)32/h5-13,21,23,27,31-32H,14H2,1-4H3. The number of aliphatic hydroxyl groups excluding tert-OH is 1. The summed E-state index contributed by atoms with van der Waals surface area (Å²) in [5.41, 5.74) is 7.53. The highest BCUT2D eigenvalue weighted by atomic mass is 16.3. The van der Waals surface area contributed by atoms with Crippen LogP contribution in [0.15, 0.2) is 54.6 Å². The fraction of sp³-hybridized carbons (Fsp3) is 0.308. The molecule has 3 N–H and O–H groups in total. The highest BCUT2D eigenvalue weighted by Gasteiger charge is 2.33. The number of imidazole rings is 1. The largest absolute Gasteiger partial charge is 0.386 e. The molecule has 6 heteroatoms. The zero-order chi connectivity index (χ0) is 22.6. The summed E-state index contributed by atoms with van der Waals surface area (Å²) in [5.74, 6) is 0. The number of aromatic nitrogens is 3. The van der Waals surface area contributed by atoms with Crippen molar-refractivity contribution < 1.29 is 10.2 Å². The molecule has 2 atom stereocenters. The van der Waals surface area contributed by atoms with Crippen molar-refractivity contribution in [3.05, 3.63) is 88.2 Å². The lowest BCUT2D eigenvalue weighted by atomic mass is 9.92. The molecule has 0 spiro atoms. The average molecular weight is 429 g/mol. The Morgan fingerprint density at radius 2 is 1.78 bits per heavy atom. The number of hydrogen-bond acceptors (Lipinski definition) is 5. The van der Waals surface area contributed by atoms with Gasteiger partial charge >= 0.3 is 0 Å². The molecule has 0 fully saturated rings. The molecule has 0 radical (unpaired) electrons. The molecule has 4 aromatic rings. The van der Waals surface area contributed by atoms with Crippen LogP contribution in [0.25, 0.3) is 16.9 Å². The molecule has 6 nitrogen and oxygen atoms in total. The van der Waals surface area contributed by atoms with Crippen LogP contribution in [0.1, 0.15) is 59.6 Å². The smallest absolute Gasteiger partial charge is 0.154 e. The fourth-order valence-corrected chi connectivity index (χ4v) is 4.44. The molecule has 2 aromatic carbocycles. The van der Waals surface area contributed by atoms with Gasteiger partial charge in [0.1, 0.15) is 6.10 Å². The molecule has 5 rings (SSSR count). The molecule has 0 saturated carbocycles. The summed E-state index contributed by atoms with van der Waals surface area (Å²) in [4.78, 5) is 4.72. The minimum absolute atomic E-state index is 0.108. The lowest BCUT2D eigenvalue weighted by Crippen LogP contribution is -2.35. The molecule has 164 valence electrons. The number of rotatable bonds is 3. The first-order chi connectivity index (χ1) is 15.2. The van der Waals surface area contributed by atoms with E-state index < -0.39 is 11.7 Å². The van der Waals surface area contributed by atoms with Crippen LogP contribution in [-0.4, -0.2) is 31.4 Å². The van der Waals surface area contributed by atoms with Crippen molar-refractivity contribution in [1.29, 1.82) is 0 Å². The Bertz CT molecular complexity index is 1300. The van der Waals surface area contributed by atoms with Gasteiger partial charge in [0.2, 0.25) is 0 Å². The van der Waals surface area contributed by atoms with Crippen LogP contribution in [0.4, 0.5) is 0 Å². The van der Waals surface area contributed by atoms with Gasteiger partial charge in [0.25, 0.3) is 0 Å². The summed E-state index contributed by atoms with van der Waals surface area (Å²) in [5, 5.41) is 29.3. The van der Waals surface area contributed by atoms with Gasteiger partial charge in [-0.1, -0.05) is 48.0 Å². The third-order valence-electron chi connectivity index (χ3n) is 6.28. The molecule has 0 aliphatic carbocycles. The topological polar surface area (TPSA) is 82.7 Å². The fourth-order valence-electron chi connectivity index (χ4n) is 4.44. The normalized spacial score (nSPS) is 18.7. The van der Waals surface area contributed by atoms with Crippen molar-refractivity contribution in [1.82, 2.24) is 19.9 Å². The Labute approximate surface area is 187 Å². The number of nitrogens with zero attached hydrogens (tertiary/aromatic N) is 3. The van der Waals surface area contributed by atoms with Crippen molar-refractivity contribution in [2.24, 2.45) is 0 Å². The van der Waals surface area contributed by atoms with E-state index in [0.29, 0.717) is 17.9 Å². The average Bonchev–Trinajstić information content (AvgIpc) is 3.15. The monoisotopic (exact) mass is 428 g/mol. The van der Waals surface area contributed by atoms with E-state index in [1.807, 2.05) is 40.9 Å². The zero-order valence-corrected chi connectivity index (χ0v) is 18.8. The Morgan fingerprint density at radius 3 is 2.50 bits per heavy atom. The number of benzene rings is 2. The van der Waals surface area contributed by atoms with E-state index in [2.05, 4.69) is 37.4 Å². The number of hydrogen-bond donors (Lipinski definition) is 3. The molecule has 2 unspecified atom stereocenters. The van der Waals surface area contributed by atoms with Crippen molar-refractivity contribution in [3.63, 3.8) is 0 Å². The van der Waals surface area contributed by atoms with Gasteiger partial charge in [0.15, 0.2) is 5.65 Å². The van der Waals surface area contributed by atoms with E-state index in [1.54, 1.807) is 13.8 Å². The Morgan fingerprint density at radius 1 is 1.03 bits per heavy atom. The lowest BCUT2D eigenvalue weighted by molar-refractivity contribution is 0.0786. The number of aryl methyl sites for hydroxylation is 2. The van der Waals surface area contributed by atoms with Gasteiger partial charge in [-0.15, -0.1) is 0 Å². The molecule has 32 heavy (non-hydrogen) atoms. The van der Waals surface area contributed by atoms with Gasteiger partial charge in [-0.2, -0.15) is 5.10 Å². The Kier molecular flexibility index (Phi) is 4.89. The highest BCUT2D eigenvalue weighted by Crippen LogP contribution is 2.35. The van der Waals surface area contributed by atoms with E-state index in [-0.39, 0.29) is 6.04 Å². The van der Waals surface area contributed by atoms with Crippen LogP contribution in [0.3, 0.4) is 0 Å². The van der Waals surface area contributed by atoms with E-state index in [1.165, 1.54) is 16.7 Å². The molecule has 0 amide bonds. The number of fused-ring (bicyclic) bond motifs is 3.